The first-order valence-corrected chi connectivity index (χ1v) is 16.9. The van der Waals surface area contributed by atoms with Crippen molar-refractivity contribution in [3.63, 3.8) is 0 Å². The summed E-state index contributed by atoms with van der Waals surface area (Å²) >= 11 is 0. The van der Waals surface area contributed by atoms with Crippen LogP contribution in [0.3, 0.4) is 0 Å². The molecule has 0 saturated carbocycles. The first-order valence-electron chi connectivity index (χ1n) is 16.9. The molecule has 226 valence electrons. The van der Waals surface area contributed by atoms with E-state index in [-0.39, 0.29) is 6.71 Å². The Labute approximate surface area is 281 Å². The van der Waals surface area contributed by atoms with Crippen molar-refractivity contribution < 1.29 is 4.42 Å². The van der Waals surface area contributed by atoms with Gasteiger partial charge in [-0.05, 0) is 77.7 Å². The van der Waals surface area contributed by atoms with Crippen molar-refractivity contribution in [1.29, 1.82) is 0 Å². The number of anilines is 3. The van der Waals surface area contributed by atoms with Crippen molar-refractivity contribution >= 4 is 94.9 Å². The molecule has 0 aliphatic carbocycles. The number of hydrogen-bond acceptors (Lipinski definition) is 2. The lowest BCUT2D eigenvalue weighted by molar-refractivity contribution is 0.651. The Balaban J connectivity index is 1.26. The highest BCUT2D eigenvalue weighted by Gasteiger charge is 2.45. The van der Waals surface area contributed by atoms with Gasteiger partial charge in [0.1, 0.15) is 5.58 Å². The molecule has 12 rings (SSSR count). The second kappa shape index (κ2) is 9.12. The number of furan rings is 1. The summed E-state index contributed by atoms with van der Waals surface area (Å²) in [5.74, 6) is 0. The van der Waals surface area contributed by atoms with E-state index in [0.29, 0.717) is 0 Å². The SMILES string of the molecule is c1ccc(N2c3cccc4c3B(c3oc5ccccc5c32)c2cccc3c5c6c7ccccc7n(-c7ccccc7)c6ccc5n-4c23)cc1. The lowest BCUT2D eigenvalue weighted by atomic mass is 9.36. The van der Waals surface area contributed by atoms with Crippen LogP contribution in [0.15, 0.2) is 162 Å². The average Bonchev–Trinajstić information content (AvgIpc) is 3.82. The van der Waals surface area contributed by atoms with Gasteiger partial charge in [0.25, 0.3) is 6.71 Å². The minimum atomic E-state index is -0.0461. The summed E-state index contributed by atoms with van der Waals surface area (Å²) in [6, 6.07) is 57.1. The molecule has 0 saturated heterocycles. The topological polar surface area (TPSA) is 26.2 Å². The van der Waals surface area contributed by atoms with Gasteiger partial charge in [0.2, 0.25) is 0 Å². The molecular formula is C44H26BN3O. The maximum atomic E-state index is 6.94. The fraction of sp³-hybridized carbons (Fsp3) is 0. The number of fused-ring (bicyclic) bond motifs is 13. The van der Waals surface area contributed by atoms with Gasteiger partial charge in [0.05, 0.1) is 27.9 Å². The third-order valence-electron chi connectivity index (χ3n) is 10.9. The molecule has 3 aromatic heterocycles. The number of para-hydroxylation sites is 5. The summed E-state index contributed by atoms with van der Waals surface area (Å²) in [6.07, 6.45) is 0. The van der Waals surface area contributed by atoms with Gasteiger partial charge >= 0.3 is 0 Å². The summed E-state index contributed by atoms with van der Waals surface area (Å²) < 4.78 is 11.9. The van der Waals surface area contributed by atoms with Gasteiger partial charge < -0.3 is 18.5 Å². The van der Waals surface area contributed by atoms with Gasteiger partial charge in [-0.3, -0.25) is 0 Å². The first kappa shape index (κ1) is 25.6. The number of rotatable bonds is 2. The molecule has 4 nitrogen and oxygen atoms in total. The molecular weight excluding hydrogens is 597 g/mol. The maximum Gasteiger partial charge on any atom is 0.297 e. The van der Waals surface area contributed by atoms with E-state index < -0.39 is 0 Å². The summed E-state index contributed by atoms with van der Waals surface area (Å²) in [7, 11) is 0. The molecule has 0 atom stereocenters. The Bertz CT molecular complexity index is 3010. The van der Waals surface area contributed by atoms with E-state index >= 15 is 0 Å². The highest BCUT2D eigenvalue weighted by Crippen LogP contribution is 2.46. The van der Waals surface area contributed by atoms with Crippen LogP contribution >= 0.6 is 0 Å². The molecule has 10 aromatic rings. The van der Waals surface area contributed by atoms with E-state index in [4.69, 9.17) is 4.42 Å². The van der Waals surface area contributed by atoms with E-state index in [1.54, 1.807) is 0 Å². The first-order chi connectivity index (χ1) is 24.4. The summed E-state index contributed by atoms with van der Waals surface area (Å²) in [4.78, 5) is 2.42. The molecule has 5 heteroatoms. The van der Waals surface area contributed by atoms with Crippen molar-refractivity contribution in [2.24, 2.45) is 0 Å². The zero-order valence-corrected chi connectivity index (χ0v) is 26.3. The molecule has 0 bridgehead atoms. The largest absolute Gasteiger partial charge is 0.468 e. The molecule has 0 radical (unpaired) electrons. The minimum Gasteiger partial charge on any atom is -0.468 e. The third kappa shape index (κ3) is 3.11. The molecule has 0 fully saturated rings. The molecule has 0 unspecified atom stereocenters. The quantitative estimate of drug-likeness (QED) is 0.180. The van der Waals surface area contributed by atoms with Crippen molar-refractivity contribution in [3.05, 3.63) is 158 Å². The minimum absolute atomic E-state index is 0.0461. The summed E-state index contributed by atoms with van der Waals surface area (Å²) in [5.41, 5.74) is 15.2. The smallest absolute Gasteiger partial charge is 0.297 e. The molecule has 5 heterocycles. The molecule has 49 heavy (non-hydrogen) atoms. The van der Waals surface area contributed by atoms with Crippen LogP contribution < -0.4 is 21.5 Å². The van der Waals surface area contributed by atoms with Crippen molar-refractivity contribution in [2.45, 2.75) is 0 Å². The Morgan fingerprint density at radius 1 is 0.449 bits per heavy atom. The summed E-state index contributed by atoms with van der Waals surface area (Å²) in [6.45, 7) is -0.0461. The normalized spacial score (nSPS) is 13.2. The lowest BCUT2D eigenvalue weighted by Gasteiger charge is -2.37. The van der Waals surface area contributed by atoms with Gasteiger partial charge in [0.15, 0.2) is 0 Å². The number of aromatic nitrogens is 2. The van der Waals surface area contributed by atoms with Crippen LogP contribution in [-0.2, 0) is 0 Å². The number of nitrogens with zero attached hydrogens (tertiary/aromatic N) is 3. The Morgan fingerprint density at radius 3 is 1.92 bits per heavy atom. The standard InChI is InChI=1S/C44H26BN3O/c1-3-13-27(14-4-1)46-33-21-9-7-17-29(33)39-34(46)25-26-35-40(39)31-19-11-20-32-42(31)48(35)37-23-12-22-36-41(37)45(32)44-43(30-18-8-10-24-38(30)49-44)47(36)28-15-5-2-6-16-28/h1-26H. The van der Waals surface area contributed by atoms with Crippen LogP contribution in [0.2, 0.25) is 0 Å². The lowest BCUT2D eigenvalue weighted by Crippen LogP contribution is -2.59. The van der Waals surface area contributed by atoms with E-state index in [1.807, 2.05) is 0 Å². The monoisotopic (exact) mass is 623 g/mol. The average molecular weight is 624 g/mol. The molecule has 0 spiro atoms. The second-order valence-corrected chi connectivity index (χ2v) is 13.2. The van der Waals surface area contributed by atoms with Crippen molar-refractivity contribution in [1.82, 2.24) is 9.13 Å². The highest BCUT2D eigenvalue weighted by atomic mass is 16.3. The zero-order valence-electron chi connectivity index (χ0n) is 26.3. The van der Waals surface area contributed by atoms with Crippen LogP contribution in [0.25, 0.3) is 66.0 Å². The van der Waals surface area contributed by atoms with Gasteiger partial charge in [-0.15, -0.1) is 0 Å². The van der Waals surface area contributed by atoms with Crippen LogP contribution in [-0.4, -0.2) is 15.8 Å². The number of benzene rings is 7. The Kier molecular flexibility index (Phi) is 4.77. The van der Waals surface area contributed by atoms with Gasteiger partial charge in [-0.2, -0.15) is 0 Å². The maximum absolute atomic E-state index is 6.94. The molecule has 7 aromatic carbocycles. The van der Waals surface area contributed by atoms with Crippen LogP contribution in [0.1, 0.15) is 0 Å². The molecule has 0 N–H and O–H groups in total. The predicted molar refractivity (Wildman–Crippen MR) is 204 cm³/mol. The Morgan fingerprint density at radius 2 is 1.08 bits per heavy atom. The van der Waals surface area contributed by atoms with E-state index in [9.17, 15) is 0 Å². The van der Waals surface area contributed by atoms with Gasteiger partial charge in [-0.1, -0.05) is 91.0 Å². The number of hydrogen-bond donors (Lipinski definition) is 0. The van der Waals surface area contributed by atoms with Crippen molar-refractivity contribution in [2.75, 3.05) is 4.90 Å². The van der Waals surface area contributed by atoms with Crippen LogP contribution in [0.4, 0.5) is 17.1 Å². The molecule has 2 aliphatic rings. The predicted octanol–water partition coefficient (Wildman–Crippen LogP) is 9.24. The molecule has 0 amide bonds. The van der Waals surface area contributed by atoms with Crippen molar-refractivity contribution in [3.8, 4) is 11.4 Å². The van der Waals surface area contributed by atoms with Crippen LogP contribution in [0, 0.1) is 0 Å². The zero-order chi connectivity index (χ0) is 31.8. The third-order valence-corrected chi connectivity index (χ3v) is 10.9. The van der Waals surface area contributed by atoms with E-state index in [2.05, 4.69) is 172 Å². The fourth-order valence-corrected chi connectivity index (χ4v) is 9.08. The van der Waals surface area contributed by atoms with E-state index in [0.717, 1.165) is 28.0 Å². The van der Waals surface area contributed by atoms with Crippen LogP contribution in [0.5, 0.6) is 0 Å². The Hall–Kier alpha value is -6.46. The van der Waals surface area contributed by atoms with Gasteiger partial charge in [-0.25, -0.2) is 0 Å². The second-order valence-electron chi connectivity index (χ2n) is 13.2. The highest BCUT2D eigenvalue weighted by molar-refractivity contribution is 7.00. The fourth-order valence-electron chi connectivity index (χ4n) is 9.08. The van der Waals surface area contributed by atoms with E-state index in [1.165, 1.54) is 71.6 Å². The summed E-state index contributed by atoms with van der Waals surface area (Å²) in [5, 5.41) is 6.25. The van der Waals surface area contributed by atoms with Gasteiger partial charge in [0, 0.05) is 55.2 Å². The molecule has 2 aliphatic heterocycles.